The number of ether oxygens (including phenoxy) is 1. The van der Waals surface area contributed by atoms with Crippen LogP contribution in [0.5, 0.6) is 5.75 Å². The van der Waals surface area contributed by atoms with Gasteiger partial charge in [-0.3, -0.25) is 9.69 Å². The molecule has 4 nitrogen and oxygen atoms in total. The lowest BCUT2D eigenvalue weighted by Gasteiger charge is -2.35. The fourth-order valence-corrected chi connectivity index (χ4v) is 2.84. The Morgan fingerprint density at radius 1 is 1.40 bits per heavy atom. The quantitative estimate of drug-likeness (QED) is 0.868. The van der Waals surface area contributed by atoms with Crippen LogP contribution in [0.4, 0.5) is 0 Å². The summed E-state index contributed by atoms with van der Waals surface area (Å²) in [6.45, 7) is 6.12. The van der Waals surface area contributed by atoms with E-state index >= 15 is 0 Å². The van der Waals surface area contributed by atoms with Crippen LogP contribution < -0.4 is 4.74 Å². The molecule has 0 bridgehead atoms. The van der Waals surface area contributed by atoms with Gasteiger partial charge in [-0.25, -0.2) is 0 Å². The monoisotopic (exact) mass is 277 g/mol. The van der Waals surface area contributed by atoms with Gasteiger partial charge < -0.3 is 9.84 Å². The Balaban J connectivity index is 2.19. The van der Waals surface area contributed by atoms with Crippen LogP contribution in [0, 0.1) is 0 Å². The highest BCUT2D eigenvalue weighted by Crippen LogP contribution is 2.27. The molecular weight excluding hydrogens is 254 g/mol. The highest BCUT2D eigenvalue weighted by molar-refractivity contribution is 5.78. The molecule has 1 aromatic rings. The number of benzene rings is 1. The molecule has 0 radical (unpaired) electrons. The van der Waals surface area contributed by atoms with Crippen LogP contribution in [-0.4, -0.2) is 41.2 Å². The van der Waals surface area contributed by atoms with Gasteiger partial charge in [0, 0.05) is 6.42 Å². The van der Waals surface area contributed by atoms with Crippen LogP contribution in [0.2, 0.25) is 0 Å². The lowest BCUT2D eigenvalue weighted by Crippen LogP contribution is -2.52. The molecule has 1 saturated heterocycles. The SMILES string of the molecule is CCOc1cccc(CC(C)(C(=O)O)N2CCCC2)c1. The molecule has 0 aliphatic carbocycles. The maximum absolute atomic E-state index is 11.8. The average molecular weight is 277 g/mol. The molecule has 1 atom stereocenters. The van der Waals surface area contributed by atoms with Gasteiger partial charge in [0.05, 0.1) is 6.61 Å². The van der Waals surface area contributed by atoms with Crippen LogP contribution in [-0.2, 0) is 11.2 Å². The van der Waals surface area contributed by atoms with Crippen molar-refractivity contribution >= 4 is 5.97 Å². The highest BCUT2D eigenvalue weighted by Gasteiger charge is 2.40. The molecule has 2 rings (SSSR count). The molecule has 20 heavy (non-hydrogen) atoms. The molecule has 0 amide bonds. The largest absolute Gasteiger partial charge is 0.494 e. The molecule has 1 N–H and O–H groups in total. The summed E-state index contributed by atoms with van der Waals surface area (Å²) in [5.41, 5.74) is 0.175. The van der Waals surface area contributed by atoms with Gasteiger partial charge in [0.2, 0.25) is 0 Å². The van der Waals surface area contributed by atoms with Gasteiger partial charge in [-0.05, 0) is 57.5 Å². The smallest absolute Gasteiger partial charge is 0.324 e. The van der Waals surface area contributed by atoms with Crippen molar-refractivity contribution in [2.75, 3.05) is 19.7 Å². The predicted octanol–water partition coefficient (Wildman–Crippen LogP) is 2.57. The summed E-state index contributed by atoms with van der Waals surface area (Å²) in [5.74, 6) is 0.0559. The minimum absolute atomic E-state index is 0.503. The number of aliphatic carboxylic acids is 1. The van der Waals surface area contributed by atoms with Gasteiger partial charge in [0.15, 0.2) is 0 Å². The number of carboxylic acid groups (broad SMARTS) is 1. The van der Waals surface area contributed by atoms with Gasteiger partial charge in [-0.15, -0.1) is 0 Å². The van der Waals surface area contributed by atoms with Crippen molar-refractivity contribution in [3.8, 4) is 5.75 Å². The van der Waals surface area contributed by atoms with Crippen LogP contribution in [0.15, 0.2) is 24.3 Å². The lowest BCUT2D eigenvalue weighted by molar-refractivity contribution is -0.149. The first-order chi connectivity index (χ1) is 9.56. The summed E-state index contributed by atoms with van der Waals surface area (Å²) in [4.78, 5) is 13.8. The van der Waals surface area contributed by atoms with Crippen molar-refractivity contribution in [2.24, 2.45) is 0 Å². The summed E-state index contributed by atoms with van der Waals surface area (Å²) in [6, 6.07) is 7.74. The van der Waals surface area contributed by atoms with Gasteiger partial charge >= 0.3 is 5.97 Å². The highest BCUT2D eigenvalue weighted by atomic mass is 16.5. The fraction of sp³-hybridized carbons (Fsp3) is 0.562. The average Bonchev–Trinajstić information content (AvgIpc) is 2.93. The number of nitrogens with zero attached hydrogens (tertiary/aromatic N) is 1. The normalized spacial score (nSPS) is 18.7. The molecule has 0 spiro atoms. The molecule has 0 saturated carbocycles. The fourth-order valence-electron chi connectivity index (χ4n) is 2.84. The molecule has 110 valence electrons. The van der Waals surface area contributed by atoms with Crippen molar-refractivity contribution in [1.29, 1.82) is 0 Å². The van der Waals surface area contributed by atoms with E-state index in [0.29, 0.717) is 13.0 Å². The van der Waals surface area contributed by atoms with Crippen molar-refractivity contribution in [3.05, 3.63) is 29.8 Å². The standard InChI is InChI=1S/C16H23NO3/c1-3-20-14-8-6-7-13(11-14)12-16(2,15(18)19)17-9-4-5-10-17/h6-8,11H,3-5,9-10,12H2,1-2H3,(H,18,19). The zero-order chi connectivity index (χ0) is 14.6. The minimum atomic E-state index is -0.832. The van der Waals surface area contributed by atoms with E-state index in [2.05, 4.69) is 4.90 Å². The number of hydrogen-bond donors (Lipinski definition) is 1. The Bertz CT molecular complexity index is 469. The van der Waals surface area contributed by atoms with E-state index in [0.717, 1.165) is 37.2 Å². The third kappa shape index (κ3) is 3.12. The van der Waals surface area contributed by atoms with Gasteiger partial charge in [-0.2, -0.15) is 0 Å². The number of likely N-dealkylation sites (tertiary alicyclic amines) is 1. The summed E-state index contributed by atoms with van der Waals surface area (Å²) in [7, 11) is 0. The molecule has 0 aromatic heterocycles. The molecule has 1 aliphatic heterocycles. The topological polar surface area (TPSA) is 49.8 Å². The van der Waals surface area contributed by atoms with Crippen molar-refractivity contribution in [3.63, 3.8) is 0 Å². The van der Waals surface area contributed by atoms with Gasteiger partial charge in [0.1, 0.15) is 11.3 Å². The molecule has 1 aromatic carbocycles. The van der Waals surface area contributed by atoms with Gasteiger partial charge in [0.25, 0.3) is 0 Å². The number of carboxylic acids is 1. The minimum Gasteiger partial charge on any atom is -0.494 e. The Hall–Kier alpha value is -1.55. The van der Waals surface area contributed by atoms with Crippen LogP contribution >= 0.6 is 0 Å². The molecular formula is C16H23NO3. The molecule has 4 heteroatoms. The van der Waals surface area contributed by atoms with Crippen molar-refractivity contribution in [2.45, 2.75) is 38.6 Å². The molecule has 1 heterocycles. The second-order valence-electron chi connectivity index (χ2n) is 5.53. The first-order valence-corrected chi connectivity index (χ1v) is 7.26. The van der Waals surface area contributed by atoms with Gasteiger partial charge in [-0.1, -0.05) is 12.1 Å². The first kappa shape index (κ1) is 14.9. The zero-order valence-electron chi connectivity index (χ0n) is 12.3. The second-order valence-corrected chi connectivity index (χ2v) is 5.53. The van der Waals surface area contributed by atoms with E-state index in [9.17, 15) is 9.90 Å². The molecule has 1 aliphatic rings. The lowest BCUT2D eigenvalue weighted by atomic mass is 9.91. The van der Waals surface area contributed by atoms with Crippen LogP contribution in [0.3, 0.4) is 0 Å². The summed E-state index contributed by atoms with van der Waals surface area (Å²) < 4.78 is 5.49. The molecule has 1 unspecified atom stereocenters. The number of rotatable bonds is 6. The van der Waals surface area contributed by atoms with E-state index in [-0.39, 0.29) is 0 Å². The maximum atomic E-state index is 11.8. The van der Waals surface area contributed by atoms with E-state index in [1.165, 1.54) is 0 Å². The second kappa shape index (κ2) is 6.27. The Morgan fingerprint density at radius 3 is 2.70 bits per heavy atom. The van der Waals surface area contributed by atoms with Crippen molar-refractivity contribution in [1.82, 2.24) is 4.90 Å². The number of hydrogen-bond acceptors (Lipinski definition) is 3. The van der Waals surface area contributed by atoms with E-state index in [1.807, 2.05) is 38.1 Å². The zero-order valence-corrected chi connectivity index (χ0v) is 12.3. The van der Waals surface area contributed by atoms with E-state index in [4.69, 9.17) is 4.74 Å². The Morgan fingerprint density at radius 2 is 2.10 bits per heavy atom. The van der Waals surface area contributed by atoms with Crippen molar-refractivity contribution < 1.29 is 14.6 Å². The summed E-state index contributed by atoms with van der Waals surface area (Å²) in [5, 5.41) is 9.65. The third-order valence-corrected chi connectivity index (χ3v) is 4.02. The van der Waals surface area contributed by atoms with E-state index < -0.39 is 11.5 Å². The predicted molar refractivity (Wildman–Crippen MR) is 78.2 cm³/mol. The first-order valence-electron chi connectivity index (χ1n) is 7.26. The Kier molecular flexibility index (Phi) is 4.65. The number of carbonyl (C=O) groups is 1. The Labute approximate surface area is 120 Å². The van der Waals surface area contributed by atoms with Crippen LogP contribution in [0.1, 0.15) is 32.3 Å². The van der Waals surface area contributed by atoms with E-state index in [1.54, 1.807) is 0 Å². The maximum Gasteiger partial charge on any atom is 0.324 e. The third-order valence-electron chi connectivity index (χ3n) is 4.02. The van der Waals surface area contributed by atoms with Crippen LogP contribution in [0.25, 0.3) is 0 Å². The summed E-state index contributed by atoms with van der Waals surface area (Å²) >= 11 is 0. The summed E-state index contributed by atoms with van der Waals surface area (Å²) in [6.07, 6.45) is 2.67. The molecule has 1 fully saturated rings.